The first-order chi connectivity index (χ1) is 6.70. The van der Waals surface area contributed by atoms with Crippen LogP contribution in [0.15, 0.2) is 0 Å². The molecule has 1 rings (SSSR count). The Labute approximate surface area is 91.9 Å². The molecule has 0 aliphatic carbocycles. The second-order valence-electron chi connectivity index (χ2n) is 4.44. The number of hydrogen-bond acceptors (Lipinski definition) is 3. The monoisotopic (exact) mass is 217 g/mol. The van der Waals surface area contributed by atoms with E-state index in [1.807, 2.05) is 0 Å². The lowest BCUT2D eigenvalue weighted by molar-refractivity contribution is 0.115. The standard InChI is InChI=1S/C11H23NOS/c1-9(2)11(13)3-6-12-10-4-7-14-8-5-10/h9-13H,3-8H2,1-2H3. The molecule has 1 aliphatic rings. The van der Waals surface area contributed by atoms with Crippen LogP contribution in [0.4, 0.5) is 0 Å². The molecule has 0 saturated carbocycles. The molecule has 1 unspecified atom stereocenters. The summed E-state index contributed by atoms with van der Waals surface area (Å²) in [5, 5.41) is 13.1. The number of nitrogens with one attached hydrogen (secondary N) is 1. The average Bonchev–Trinajstić information content (AvgIpc) is 2.19. The van der Waals surface area contributed by atoms with Gasteiger partial charge in [-0.15, -0.1) is 0 Å². The first kappa shape index (κ1) is 12.3. The number of aliphatic hydroxyl groups is 1. The zero-order valence-corrected chi connectivity index (χ0v) is 10.1. The molecule has 0 aromatic carbocycles. The van der Waals surface area contributed by atoms with E-state index >= 15 is 0 Å². The van der Waals surface area contributed by atoms with Gasteiger partial charge in [0.05, 0.1) is 6.10 Å². The van der Waals surface area contributed by atoms with Crippen LogP contribution in [-0.4, -0.2) is 35.3 Å². The van der Waals surface area contributed by atoms with Gasteiger partial charge in [0.1, 0.15) is 0 Å². The van der Waals surface area contributed by atoms with E-state index in [-0.39, 0.29) is 6.10 Å². The van der Waals surface area contributed by atoms with Gasteiger partial charge >= 0.3 is 0 Å². The number of rotatable bonds is 5. The zero-order chi connectivity index (χ0) is 10.4. The summed E-state index contributed by atoms with van der Waals surface area (Å²) in [6, 6.07) is 0.704. The molecule has 0 bridgehead atoms. The maximum absolute atomic E-state index is 9.61. The van der Waals surface area contributed by atoms with Crippen LogP contribution in [0.3, 0.4) is 0 Å². The second-order valence-corrected chi connectivity index (χ2v) is 5.67. The highest BCUT2D eigenvalue weighted by Gasteiger charge is 2.14. The third-order valence-corrected chi connectivity index (χ3v) is 3.91. The molecule has 0 spiro atoms. The highest BCUT2D eigenvalue weighted by molar-refractivity contribution is 7.99. The SMILES string of the molecule is CC(C)C(O)CCNC1CCSCC1. The molecule has 1 fully saturated rings. The highest BCUT2D eigenvalue weighted by atomic mass is 32.2. The van der Waals surface area contributed by atoms with Crippen LogP contribution in [0.25, 0.3) is 0 Å². The normalized spacial score (nSPS) is 21.4. The minimum absolute atomic E-state index is 0.138. The highest BCUT2D eigenvalue weighted by Crippen LogP contribution is 2.16. The van der Waals surface area contributed by atoms with E-state index in [2.05, 4.69) is 30.9 Å². The molecule has 14 heavy (non-hydrogen) atoms. The average molecular weight is 217 g/mol. The Kier molecular flexibility index (Phi) is 5.90. The van der Waals surface area contributed by atoms with Gasteiger partial charge in [0.25, 0.3) is 0 Å². The van der Waals surface area contributed by atoms with Crippen molar-refractivity contribution >= 4 is 11.8 Å². The molecular formula is C11H23NOS. The Morgan fingerprint density at radius 1 is 1.36 bits per heavy atom. The molecule has 0 amide bonds. The molecule has 1 saturated heterocycles. The summed E-state index contributed by atoms with van der Waals surface area (Å²) in [5.41, 5.74) is 0. The van der Waals surface area contributed by atoms with Gasteiger partial charge in [0.15, 0.2) is 0 Å². The van der Waals surface area contributed by atoms with Crippen molar-refractivity contribution in [2.45, 2.75) is 45.3 Å². The molecule has 84 valence electrons. The van der Waals surface area contributed by atoms with Crippen molar-refractivity contribution in [1.29, 1.82) is 0 Å². The van der Waals surface area contributed by atoms with Gasteiger partial charge in [-0.05, 0) is 43.2 Å². The van der Waals surface area contributed by atoms with Gasteiger partial charge in [0.2, 0.25) is 0 Å². The topological polar surface area (TPSA) is 32.3 Å². The largest absolute Gasteiger partial charge is 0.393 e. The first-order valence-corrected chi connectivity index (χ1v) is 6.85. The Morgan fingerprint density at radius 3 is 2.57 bits per heavy atom. The van der Waals surface area contributed by atoms with Crippen molar-refractivity contribution < 1.29 is 5.11 Å². The van der Waals surface area contributed by atoms with Crippen LogP contribution in [0, 0.1) is 5.92 Å². The molecule has 0 aromatic heterocycles. The van der Waals surface area contributed by atoms with E-state index < -0.39 is 0 Å². The number of hydrogen-bond donors (Lipinski definition) is 2. The molecule has 1 atom stereocenters. The Balaban J connectivity index is 2.02. The van der Waals surface area contributed by atoms with Crippen LogP contribution >= 0.6 is 11.8 Å². The predicted molar refractivity (Wildman–Crippen MR) is 63.8 cm³/mol. The molecule has 1 aliphatic heterocycles. The fraction of sp³-hybridized carbons (Fsp3) is 1.00. The van der Waals surface area contributed by atoms with Gasteiger partial charge in [-0.2, -0.15) is 11.8 Å². The smallest absolute Gasteiger partial charge is 0.0575 e. The third kappa shape index (κ3) is 4.67. The Morgan fingerprint density at radius 2 is 2.00 bits per heavy atom. The summed E-state index contributed by atoms with van der Waals surface area (Å²) >= 11 is 2.05. The molecule has 1 heterocycles. The minimum Gasteiger partial charge on any atom is -0.393 e. The molecule has 3 heteroatoms. The Hall–Kier alpha value is 0.270. The van der Waals surface area contributed by atoms with E-state index in [0.29, 0.717) is 12.0 Å². The molecule has 0 aromatic rings. The number of thioether (sulfide) groups is 1. The van der Waals surface area contributed by atoms with Gasteiger partial charge < -0.3 is 10.4 Å². The summed E-state index contributed by atoms with van der Waals surface area (Å²) in [6.07, 6.45) is 3.34. The molecule has 0 radical (unpaired) electrons. The van der Waals surface area contributed by atoms with Crippen LogP contribution in [-0.2, 0) is 0 Å². The first-order valence-electron chi connectivity index (χ1n) is 5.69. The summed E-state index contributed by atoms with van der Waals surface area (Å²) in [7, 11) is 0. The fourth-order valence-electron chi connectivity index (χ4n) is 1.67. The van der Waals surface area contributed by atoms with Crippen molar-refractivity contribution in [2.75, 3.05) is 18.1 Å². The Bertz CT molecular complexity index is 146. The lowest BCUT2D eigenvalue weighted by Gasteiger charge is -2.23. The van der Waals surface area contributed by atoms with E-state index in [1.54, 1.807) is 0 Å². The number of aliphatic hydroxyl groups excluding tert-OH is 1. The molecule has 2 N–H and O–H groups in total. The molecule has 2 nitrogen and oxygen atoms in total. The van der Waals surface area contributed by atoms with Gasteiger partial charge in [0, 0.05) is 6.04 Å². The summed E-state index contributed by atoms with van der Waals surface area (Å²) < 4.78 is 0. The van der Waals surface area contributed by atoms with E-state index in [4.69, 9.17) is 0 Å². The van der Waals surface area contributed by atoms with E-state index in [9.17, 15) is 5.11 Å². The molecular weight excluding hydrogens is 194 g/mol. The predicted octanol–water partition coefficient (Wildman–Crippen LogP) is 1.88. The van der Waals surface area contributed by atoms with Crippen molar-refractivity contribution in [2.24, 2.45) is 5.92 Å². The second kappa shape index (κ2) is 6.70. The van der Waals surface area contributed by atoms with Crippen LogP contribution < -0.4 is 5.32 Å². The fourth-order valence-corrected chi connectivity index (χ4v) is 2.78. The summed E-state index contributed by atoms with van der Waals surface area (Å²) in [6.45, 7) is 5.11. The summed E-state index contributed by atoms with van der Waals surface area (Å²) in [5.74, 6) is 2.98. The van der Waals surface area contributed by atoms with E-state index in [0.717, 1.165) is 13.0 Å². The van der Waals surface area contributed by atoms with Crippen LogP contribution in [0.1, 0.15) is 33.1 Å². The van der Waals surface area contributed by atoms with Crippen LogP contribution in [0.2, 0.25) is 0 Å². The maximum atomic E-state index is 9.61. The van der Waals surface area contributed by atoms with Crippen LogP contribution in [0.5, 0.6) is 0 Å². The van der Waals surface area contributed by atoms with Gasteiger partial charge in [-0.1, -0.05) is 13.8 Å². The third-order valence-electron chi connectivity index (χ3n) is 2.86. The van der Waals surface area contributed by atoms with E-state index in [1.165, 1.54) is 24.3 Å². The lowest BCUT2D eigenvalue weighted by Crippen LogP contribution is -2.35. The van der Waals surface area contributed by atoms with Crippen molar-refractivity contribution in [3.8, 4) is 0 Å². The summed E-state index contributed by atoms with van der Waals surface area (Å²) in [4.78, 5) is 0. The van der Waals surface area contributed by atoms with Gasteiger partial charge in [-0.3, -0.25) is 0 Å². The van der Waals surface area contributed by atoms with Crippen molar-refractivity contribution in [1.82, 2.24) is 5.32 Å². The minimum atomic E-state index is -0.138. The maximum Gasteiger partial charge on any atom is 0.0575 e. The van der Waals surface area contributed by atoms with Gasteiger partial charge in [-0.25, -0.2) is 0 Å². The van der Waals surface area contributed by atoms with Crippen molar-refractivity contribution in [3.05, 3.63) is 0 Å². The quantitative estimate of drug-likeness (QED) is 0.737. The zero-order valence-electron chi connectivity index (χ0n) is 9.33. The van der Waals surface area contributed by atoms with Crippen molar-refractivity contribution in [3.63, 3.8) is 0 Å². The lowest BCUT2D eigenvalue weighted by atomic mass is 10.0.